The van der Waals surface area contributed by atoms with Crippen LogP contribution in [0.15, 0.2) is 12.1 Å². The van der Waals surface area contributed by atoms with Crippen LogP contribution in [0.3, 0.4) is 0 Å². The van der Waals surface area contributed by atoms with Crippen LogP contribution in [0.25, 0.3) is 0 Å². The van der Waals surface area contributed by atoms with Gasteiger partial charge in [0, 0.05) is 0 Å². The van der Waals surface area contributed by atoms with E-state index in [4.69, 9.17) is 10.6 Å². The van der Waals surface area contributed by atoms with Crippen molar-refractivity contribution in [3.8, 4) is 5.88 Å². The summed E-state index contributed by atoms with van der Waals surface area (Å²) in [6.07, 6.45) is 2.11. The fraction of sp³-hybridized carbons (Fsp3) is 0.545. The quantitative estimate of drug-likeness (QED) is 0.438. The van der Waals surface area contributed by atoms with Gasteiger partial charge in [-0.15, -0.1) is 0 Å². The zero-order valence-electron chi connectivity index (χ0n) is 10.5. The van der Waals surface area contributed by atoms with E-state index in [1.165, 1.54) is 12.1 Å². The number of hydrogen-bond donors (Lipinski definition) is 2. The second kappa shape index (κ2) is 6.75. The number of nitrogens with two attached hydrogens (primary N) is 1. The summed E-state index contributed by atoms with van der Waals surface area (Å²) in [6, 6.07) is 2.54. The van der Waals surface area contributed by atoms with E-state index in [-0.39, 0.29) is 17.4 Å². The molecule has 3 N–H and O–H groups in total. The number of hydrazine groups is 1. The molecule has 0 aliphatic heterocycles. The molecule has 1 rings (SSSR count). The lowest BCUT2D eigenvalue weighted by Gasteiger charge is -2.11. The van der Waals surface area contributed by atoms with Crippen LogP contribution in [-0.2, 0) is 0 Å². The van der Waals surface area contributed by atoms with Gasteiger partial charge in [0.15, 0.2) is 5.82 Å². The van der Waals surface area contributed by atoms with Gasteiger partial charge in [-0.25, -0.2) is 5.84 Å². The highest BCUT2D eigenvalue weighted by Crippen LogP contribution is 2.22. The number of ether oxygens (including phenoxy) is 1. The molecule has 100 valence electrons. The van der Waals surface area contributed by atoms with Crippen molar-refractivity contribution in [2.24, 2.45) is 11.8 Å². The third kappa shape index (κ3) is 4.17. The van der Waals surface area contributed by atoms with Gasteiger partial charge in [0.1, 0.15) is 0 Å². The summed E-state index contributed by atoms with van der Waals surface area (Å²) >= 11 is 0. The van der Waals surface area contributed by atoms with Crippen LogP contribution in [0.4, 0.5) is 11.5 Å². The van der Waals surface area contributed by atoms with Crippen molar-refractivity contribution >= 4 is 11.5 Å². The van der Waals surface area contributed by atoms with Crippen molar-refractivity contribution in [3.63, 3.8) is 0 Å². The first-order valence-corrected chi connectivity index (χ1v) is 5.82. The van der Waals surface area contributed by atoms with Gasteiger partial charge < -0.3 is 10.2 Å². The molecular weight excluding hydrogens is 236 g/mol. The van der Waals surface area contributed by atoms with Gasteiger partial charge in [-0.2, -0.15) is 4.98 Å². The molecule has 0 fully saturated rings. The number of hydrogen-bond acceptors (Lipinski definition) is 6. The first-order valence-electron chi connectivity index (χ1n) is 5.82. The zero-order chi connectivity index (χ0) is 13.5. The summed E-state index contributed by atoms with van der Waals surface area (Å²) in [5.74, 6) is 6.00. The predicted molar refractivity (Wildman–Crippen MR) is 68.3 cm³/mol. The van der Waals surface area contributed by atoms with Gasteiger partial charge in [0.2, 0.25) is 5.88 Å². The third-order valence-corrected chi connectivity index (χ3v) is 2.44. The molecule has 0 spiro atoms. The van der Waals surface area contributed by atoms with E-state index >= 15 is 0 Å². The van der Waals surface area contributed by atoms with Crippen molar-refractivity contribution in [2.45, 2.75) is 26.7 Å². The van der Waals surface area contributed by atoms with E-state index in [0.29, 0.717) is 12.5 Å². The smallest absolute Gasteiger partial charge is 0.278 e. The number of nitro groups is 1. The molecule has 0 saturated heterocycles. The molecule has 0 aliphatic carbocycles. The minimum atomic E-state index is -0.509. The van der Waals surface area contributed by atoms with Crippen LogP contribution in [0.2, 0.25) is 0 Å². The highest BCUT2D eigenvalue weighted by atomic mass is 16.6. The maximum atomic E-state index is 10.7. The summed E-state index contributed by atoms with van der Waals surface area (Å²) in [5, 5.41) is 10.7. The van der Waals surface area contributed by atoms with Crippen LogP contribution in [0.1, 0.15) is 26.7 Å². The Kier molecular flexibility index (Phi) is 5.31. The van der Waals surface area contributed by atoms with E-state index < -0.39 is 4.92 Å². The highest BCUT2D eigenvalue weighted by Gasteiger charge is 2.12. The minimum absolute atomic E-state index is 0.101. The largest absolute Gasteiger partial charge is 0.477 e. The fourth-order valence-electron chi connectivity index (χ4n) is 1.55. The topological polar surface area (TPSA) is 103 Å². The van der Waals surface area contributed by atoms with E-state index in [1.54, 1.807) is 0 Å². The van der Waals surface area contributed by atoms with Crippen molar-refractivity contribution in [2.75, 3.05) is 12.0 Å². The Morgan fingerprint density at radius 2 is 2.33 bits per heavy atom. The fourth-order valence-corrected chi connectivity index (χ4v) is 1.55. The lowest BCUT2D eigenvalue weighted by Crippen LogP contribution is -2.12. The number of nitrogen functional groups attached to an aromatic ring is 1. The van der Waals surface area contributed by atoms with Crippen molar-refractivity contribution in [1.82, 2.24) is 4.98 Å². The number of nitrogens with one attached hydrogen (secondary N) is 1. The van der Waals surface area contributed by atoms with Gasteiger partial charge in [-0.1, -0.05) is 20.3 Å². The van der Waals surface area contributed by atoms with Gasteiger partial charge in [0.25, 0.3) is 5.69 Å². The van der Waals surface area contributed by atoms with Crippen molar-refractivity contribution in [1.29, 1.82) is 0 Å². The molecule has 18 heavy (non-hydrogen) atoms. The molecule has 1 unspecified atom stereocenters. The van der Waals surface area contributed by atoms with Gasteiger partial charge in [0.05, 0.1) is 23.7 Å². The summed E-state index contributed by atoms with van der Waals surface area (Å²) < 4.78 is 5.44. The second-order valence-corrected chi connectivity index (χ2v) is 4.16. The summed E-state index contributed by atoms with van der Waals surface area (Å²) in [5.41, 5.74) is 2.18. The first kappa shape index (κ1) is 14.2. The Morgan fingerprint density at radius 3 is 2.89 bits per heavy atom. The molecule has 7 heteroatoms. The van der Waals surface area contributed by atoms with Gasteiger partial charge in [-0.05, 0) is 12.3 Å². The second-order valence-electron chi connectivity index (χ2n) is 4.16. The van der Waals surface area contributed by atoms with Crippen LogP contribution < -0.4 is 16.0 Å². The Morgan fingerprint density at radius 1 is 1.61 bits per heavy atom. The summed E-state index contributed by atoms with van der Waals surface area (Å²) in [4.78, 5) is 14.2. The van der Waals surface area contributed by atoms with E-state index in [1.807, 2.05) is 0 Å². The van der Waals surface area contributed by atoms with Crippen LogP contribution in [0, 0.1) is 16.0 Å². The molecular formula is C11H18N4O3. The monoisotopic (exact) mass is 254 g/mol. The predicted octanol–water partition coefficient (Wildman–Crippen LogP) is 2.09. The number of nitrogens with zero attached hydrogens (tertiary/aromatic N) is 2. The summed E-state index contributed by atoms with van der Waals surface area (Å²) in [7, 11) is 0. The standard InChI is InChI=1S/C11H18N4O3/c1-3-4-8(2)7-18-11-6-9(15(16)17)5-10(13-11)14-12/h5-6,8H,3-4,7,12H2,1-2H3,(H,13,14). The summed E-state index contributed by atoms with van der Waals surface area (Å²) in [6.45, 7) is 4.63. The van der Waals surface area contributed by atoms with Crippen LogP contribution >= 0.6 is 0 Å². The number of pyridine rings is 1. The number of anilines is 1. The molecule has 0 bridgehead atoms. The van der Waals surface area contributed by atoms with Gasteiger partial charge in [-0.3, -0.25) is 10.1 Å². The molecule has 0 amide bonds. The SMILES string of the molecule is CCCC(C)COc1cc([N+](=O)[O-])cc(NN)n1. The maximum Gasteiger partial charge on any atom is 0.278 e. The zero-order valence-corrected chi connectivity index (χ0v) is 10.5. The average molecular weight is 254 g/mol. The molecule has 0 radical (unpaired) electrons. The highest BCUT2D eigenvalue weighted by molar-refractivity contribution is 5.47. The molecule has 1 aromatic rings. The normalized spacial score (nSPS) is 11.9. The van der Waals surface area contributed by atoms with Crippen LogP contribution in [0.5, 0.6) is 5.88 Å². The third-order valence-electron chi connectivity index (χ3n) is 2.44. The Balaban J connectivity index is 2.75. The number of rotatable bonds is 7. The average Bonchev–Trinajstić information content (AvgIpc) is 2.36. The molecule has 1 aromatic heterocycles. The minimum Gasteiger partial charge on any atom is -0.477 e. The van der Waals surface area contributed by atoms with E-state index in [9.17, 15) is 10.1 Å². The Hall–Kier alpha value is -1.89. The molecule has 1 atom stereocenters. The molecule has 0 aromatic carbocycles. The Bertz CT molecular complexity index is 411. The molecule has 1 heterocycles. The lowest BCUT2D eigenvalue weighted by atomic mass is 10.1. The van der Waals surface area contributed by atoms with Crippen LogP contribution in [-0.4, -0.2) is 16.5 Å². The van der Waals surface area contributed by atoms with Gasteiger partial charge >= 0.3 is 0 Å². The first-order chi connectivity index (χ1) is 8.56. The maximum absolute atomic E-state index is 10.7. The lowest BCUT2D eigenvalue weighted by molar-refractivity contribution is -0.384. The Labute approximate surface area is 105 Å². The number of aromatic nitrogens is 1. The van der Waals surface area contributed by atoms with Crippen molar-refractivity contribution in [3.05, 3.63) is 22.2 Å². The van der Waals surface area contributed by atoms with E-state index in [0.717, 1.165) is 12.8 Å². The molecule has 0 aliphatic rings. The van der Waals surface area contributed by atoms with Crippen molar-refractivity contribution < 1.29 is 9.66 Å². The molecule has 7 nitrogen and oxygen atoms in total. The molecule has 0 saturated carbocycles. The van der Waals surface area contributed by atoms with E-state index in [2.05, 4.69) is 24.3 Å².